The van der Waals surface area contributed by atoms with Crippen LogP contribution in [0.15, 0.2) is 17.8 Å². The maximum atomic E-state index is 8.39. The highest BCUT2D eigenvalue weighted by Gasteiger charge is 2.34. The van der Waals surface area contributed by atoms with Gasteiger partial charge in [-0.2, -0.15) is 0 Å². The van der Waals surface area contributed by atoms with E-state index in [0.29, 0.717) is 13.2 Å². The van der Waals surface area contributed by atoms with Gasteiger partial charge in [0.15, 0.2) is 6.29 Å². The minimum absolute atomic E-state index is 0.0893. The Morgan fingerprint density at radius 3 is 2.93 bits per heavy atom. The van der Waals surface area contributed by atoms with Gasteiger partial charge >= 0.3 is 0 Å². The second-order valence-electron chi connectivity index (χ2n) is 3.81. The molecular weight excluding hydrogens is 194 g/mol. The van der Waals surface area contributed by atoms with Crippen molar-refractivity contribution < 1.29 is 9.47 Å². The van der Waals surface area contributed by atoms with E-state index >= 15 is 0 Å². The fourth-order valence-electron chi connectivity index (χ4n) is 1.66. The second kappa shape index (κ2) is 5.75. The standard InChI is InChI=1S/C10H17N3O2/c1-4-5-14-10-8(3)7(2)9(6-15-10)12-13-11/h4,7-10H,1,5-6H2,2-3H3/t7-,8+,9+,10+/m1/s1. The molecular formula is C10H17N3O2. The van der Waals surface area contributed by atoms with Crippen molar-refractivity contribution in [2.75, 3.05) is 13.2 Å². The summed E-state index contributed by atoms with van der Waals surface area (Å²) in [6.45, 7) is 8.59. The Morgan fingerprint density at radius 2 is 2.33 bits per heavy atom. The largest absolute Gasteiger partial charge is 0.352 e. The molecule has 4 atom stereocenters. The fourth-order valence-corrected chi connectivity index (χ4v) is 1.66. The van der Waals surface area contributed by atoms with Gasteiger partial charge in [-0.05, 0) is 11.4 Å². The van der Waals surface area contributed by atoms with Crippen LogP contribution in [-0.2, 0) is 9.47 Å². The van der Waals surface area contributed by atoms with Gasteiger partial charge in [-0.3, -0.25) is 0 Å². The third-order valence-corrected chi connectivity index (χ3v) is 2.88. The molecule has 0 bridgehead atoms. The van der Waals surface area contributed by atoms with Crippen LogP contribution in [0.4, 0.5) is 0 Å². The van der Waals surface area contributed by atoms with Crippen LogP contribution in [0.3, 0.4) is 0 Å². The van der Waals surface area contributed by atoms with E-state index in [0.717, 1.165) is 0 Å². The van der Waals surface area contributed by atoms with E-state index in [1.807, 2.05) is 6.92 Å². The van der Waals surface area contributed by atoms with Gasteiger partial charge in [0.2, 0.25) is 0 Å². The SMILES string of the molecule is C=CCO[C@H]1OC[C@H](N=[N+]=[N-])[C@H](C)[C@@H]1C. The van der Waals surface area contributed by atoms with Gasteiger partial charge in [-0.15, -0.1) is 6.58 Å². The lowest BCUT2D eigenvalue weighted by Gasteiger charge is -2.37. The van der Waals surface area contributed by atoms with Crippen molar-refractivity contribution in [2.24, 2.45) is 17.0 Å². The molecule has 1 saturated heterocycles. The lowest BCUT2D eigenvalue weighted by atomic mass is 9.87. The summed E-state index contributed by atoms with van der Waals surface area (Å²) in [7, 11) is 0. The van der Waals surface area contributed by atoms with Gasteiger partial charge in [-0.1, -0.05) is 25.0 Å². The number of ether oxygens (including phenoxy) is 2. The van der Waals surface area contributed by atoms with Crippen molar-refractivity contribution >= 4 is 0 Å². The van der Waals surface area contributed by atoms with Crippen LogP contribution in [0.1, 0.15) is 13.8 Å². The molecule has 0 amide bonds. The molecule has 0 aromatic rings. The molecule has 1 aliphatic heterocycles. The molecule has 1 aliphatic rings. The first-order valence-electron chi connectivity index (χ1n) is 5.09. The fraction of sp³-hybridized carbons (Fsp3) is 0.800. The molecule has 1 heterocycles. The van der Waals surface area contributed by atoms with E-state index in [9.17, 15) is 0 Å². The first kappa shape index (κ1) is 12.0. The Balaban J connectivity index is 2.55. The minimum Gasteiger partial charge on any atom is -0.352 e. The molecule has 84 valence electrons. The maximum Gasteiger partial charge on any atom is 0.160 e. The lowest BCUT2D eigenvalue weighted by Crippen LogP contribution is -2.43. The van der Waals surface area contributed by atoms with Crippen LogP contribution in [0.2, 0.25) is 0 Å². The molecule has 0 aromatic heterocycles. The molecule has 0 spiro atoms. The average molecular weight is 211 g/mol. The van der Waals surface area contributed by atoms with Crippen LogP contribution in [0, 0.1) is 11.8 Å². The van der Waals surface area contributed by atoms with Crippen molar-refractivity contribution in [1.29, 1.82) is 0 Å². The molecule has 0 unspecified atom stereocenters. The molecule has 0 aliphatic carbocycles. The predicted octanol–water partition coefficient (Wildman–Crippen LogP) is 2.50. The first-order chi connectivity index (χ1) is 7.20. The molecule has 0 saturated carbocycles. The van der Waals surface area contributed by atoms with Crippen LogP contribution in [-0.4, -0.2) is 25.5 Å². The Labute approximate surface area is 89.7 Å². The molecule has 5 nitrogen and oxygen atoms in total. The van der Waals surface area contributed by atoms with E-state index in [-0.39, 0.29) is 24.2 Å². The summed E-state index contributed by atoms with van der Waals surface area (Å²) < 4.78 is 11.0. The van der Waals surface area contributed by atoms with Crippen molar-refractivity contribution in [3.8, 4) is 0 Å². The predicted molar refractivity (Wildman–Crippen MR) is 57.2 cm³/mol. The Hall–Kier alpha value is -1.03. The van der Waals surface area contributed by atoms with Gasteiger partial charge in [0.25, 0.3) is 0 Å². The molecule has 1 fully saturated rings. The third-order valence-electron chi connectivity index (χ3n) is 2.88. The van der Waals surface area contributed by atoms with E-state index in [1.54, 1.807) is 6.08 Å². The van der Waals surface area contributed by atoms with Gasteiger partial charge in [0.05, 0.1) is 19.3 Å². The highest BCUT2D eigenvalue weighted by Crippen LogP contribution is 2.29. The monoisotopic (exact) mass is 211 g/mol. The first-order valence-corrected chi connectivity index (χ1v) is 5.09. The smallest absolute Gasteiger partial charge is 0.160 e. The van der Waals surface area contributed by atoms with Crippen LogP contribution < -0.4 is 0 Å². The topological polar surface area (TPSA) is 67.2 Å². The number of nitrogens with zero attached hydrogens (tertiary/aromatic N) is 3. The normalized spacial score (nSPS) is 35.6. The molecule has 15 heavy (non-hydrogen) atoms. The summed E-state index contributed by atoms with van der Waals surface area (Å²) in [5.74, 6) is 0.485. The lowest BCUT2D eigenvalue weighted by molar-refractivity contribution is -0.201. The number of azide groups is 1. The highest BCUT2D eigenvalue weighted by molar-refractivity contribution is 4.83. The van der Waals surface area contributed by atoms with E-state index in [2.05, 4.69) is 23.5 Å². The molecule has 0 N–H and O–H groups in total. The molecule has 1 rings (SSSR count). The van der Waals surface area contributed by atoms with Crippen molar-refractivity contribution in [3.63, 3.8) is 0 Å². The summed E-state index contributed by atoms with van der Waals surface area (Å²) in [6, 6.07) is -0.0893. The average Bonchev–Trinajstić information content (AvgIpc) is 2.24. The van der Waals surface area contributed by atoms with E-state index in [1.165, 1.54) is 0 Å². The number of hydrogen-bond acceptors (Lipinski definition) is 3. The van der Waals surface area contributed by atoms with Crippen LogP contribution >= 0.6 is 0 Å². The molecule has 0 radical (unpaired) electrons. The second-order valence-corrected chi connectivity index (χ2v) is 3.81. The zero-order chi connectivity index (χ0) is 11.3. The highest BCUT2D eigenvalue weighted by atomic mass is 16.7. The van der Waals surface area contributed by atoms with Crippen molar-refractivity contribution in [1.82, 2.24) is 0 Å². The maximum absolute atomic E-state index is 8.39. The molecule has 0 aromatic carbocycles. The van der Waals surface area contributed by atoms with Gasteiger partial charge in [0, 0.05) is 10.8 Å². The van der Waals surface area contributed by atoms with Crippen LogP contribution in [0.5, 0.6) is 0 Å². The van der Waals surface area contributed by atoms with Crippen LogP contribution in [0.25, 0.3) is 10.4 Å². The number of hydrogen-bond donors (Lipinski definition) is 0. The minimum atomic E-state index is -0.219. The van der Waals surface area contributed by atoms with E-state index in [4.69, 9.17) is 15.0 Å². The Morgan fingerprint density at radius 1 is 1.60 bits per heavy atom. The zero-order valence-electron chi connectivity index (χ0n) is 9.17. The molecule has 5 heteroatoms. The summed E-state index contributed by atoms with van der Waals surface area (Å²) in [5.41, 5.74) is 8.39. The van der Waals surface area contributed by atoms with Gasteiger partial charge in [0.1, 0.15) is 0 Å². The summed E-state index contributed by atoms with van der Waals surface area (Å²) in [6.07, 6.45) is 1.48. The Bertz CT molecular complexity index is 263. The summed E-state index contributed by atoms with van der Waals surface area (Å²) >= 11 is 0. The van der Waals surface area contributed by atoms with Crippen molar-refractivity contribution in [2.45, 2.75) is 26.2 Å². The van der Waals surface area contributed by atoms with E-state index < -0.39 is 0 Å². The quantitative estimate of drug-likeness (QED) is 0.310. The summed E-state index contributed by atoms with van der Waals surface area (Å²) in [5, 5.41) is 3.71. The van der Waals surface area contributed by atoms with Crippen molar-refractivity contribution in [3.05, 3.63) is 23.1 Å². The summed E-state index contributed by atoms with van der Waals surface area (Å²) in [4.78, 5) is 2.82. The van der Waals surface area contributed by atoms with Gasteiger partial charge < -0.3 is 9.47 Å². The van der Waals surface area contributed by atoms with Gasteiger partial charge in [-0.25, -0.2) is 0 Å². The number of rotatable bonds is 4. The Kier molecular flexibility index (Phi) is 4.62. The third kappa shape index (κ3) is 2.96. The zero-order valence-corrected chi connectivity index (χ0v) is 9.17.